The Bertz CT molecular complexity index is 1210. The molecule has 1 saturated carbocycles. The number of aromatic nitrogens is 2. The van der Waals surface area contributed by atoms with Crippen LogP contribution in [0.5, 0.6) is 0 Å². The van der Waals surface area contributed by atoms with Gasteiger partial charge in [0.1, 0.15) is 11.5 Å². The highest BCUT2D eigenvalue weighted by Gasteiger charge is 2.38. The molecule has 2 heterocycles. The van der Waals surface area contributed by atoms with Crippen LogP contribution in [0.15, 0.2) is 41.8 Å². The Hall–Kier alpha value is -2.64. The van der Waals surface area contributed by atoms with Crippen molar-refractivity contribution in [1.29, 1.82) is 0 Å². The first kappa shape index (κ1) is 17.5. The number of benzene rings is 2. The molecule has 2 N–H and O–H groups in total. The van der Waals surface area contributed by atoms with Crippen LogP contribution in [0.4, 0.5) is 14.6 Å². The minimum absolute atomic E-state index is 0.126. The Labute approximate surface area is 163 Å². The van der Waals surface area contributed by atoms with Gasteiger partial charge in [-0.2, -0.15) is 0 Å². The van der Waals surface area contributed by atoms with Gasteiger partial charge in [0, 0.05) is 33.1 Å². The lowest BCUT2D eigenvalue weighted by molar-refractivity contribution is -0.0235. The minimum Gasteiger partial charge on any atom is -0.390 e. The number of anilines is 1. The largest absolute Gasteiger partial charge is 0.390 e. The fourth-order valence-corrected chi connectivity index (χ4v) is 4.78. The molecule has 0 unspecified atom stereocenters. The van der Waals surface area contributed by atoms with Crippen molar-refractivity contribution in [3.63, 3.8) is 0 Å². The van der Waals surface area contributed by atoms with Crippen LogP contribution in [-0.4, -0.2) is 26.9 Å². The van der Waals surface area contributed by atoms with Gasteiger partial charge in [-0.3, -0.25) is 0 Å². The molecule has 4 aromatic rings. The van der Waals surface area contributed by atoms with Gasteiger partial charge in [-0.1, -0.05) is 24.3 Å². The third-order valence-electron chi connectivity index (χ3n) is 5.29. The van der Waals surface area contributed by atoms with Crippen molar-refractivity contribution >= 4 is 38.0 Å². The standard InChI is InChI=1S/C21H17F2N3OS/c1-21(27)8-11(9-21)24-20-13-5-3-2-4-12(13)18(25-26-20)15-7-6-14-16(22)10-28-19(14)17(15)23/h2-7,10-11,27H,8-9H2,1H3,(H,24,26). The quantitative estimate of drug-likeness (QED) is 0.504. The van der Waals surface area contributed by atoms with Crippen molar-refractivity contribution in [3.8, 4) is 11.3 Å². The zero-order valence-corrected chi connectivity index (χ0v) is 15.9. The smallest absolute Gasteiger partial charge is 0.156 e. The van der Waals surface area contributed by atoms with E-state index in [2.05, 4.69) is 15.5 Å². The Morgan fingerprint density at radius 3 is 2.57 bits per heavy atom. The molecule has 1 fully saturated rings. The number of halogens is 2. The molecule has 142 valence electrons. The highest BCUT2D eigenvalue weighted by Crippen LogP contribution is 2.38. The number of fused-ring (bicyclic) bond motifs is 2. The van der Waals surface area contributed by atoms with Crippen molar-refractivity contribution in [2.75, 3.05) is 5.32 Å². The molecule has 0 aliphatic heterocycles. The minimum atomic E-state index is -0.643. The van der Waals surface area contributed by atoms with Crippen molar-refractivity contribution in [1.82, 2.24) is 10.2 Å². The Morgan fingerprint density at radius 1 is 1.07 bits per heavy atom. The van der Waals surface area contributed by atoms with Crippen molar-refractivity contribution in [3.05, 3.63) is 53.4 Å². The van der Waals surface area contributed by atoms with Crippen LogP contribution >= 0.6 is 11.3 Å². The van der Waals surface area contributed by atoms with Crippen molar-refractivity contribution in [2.24, 2.45) is 0 Å². The van der Waals surface area contributed by atoms with E-state index in [9.17, 15) is 9.50 Å². The van der Waals surface area contributed by atoms with E-state index in [4.69, 9.17) is 0 Å². The van der Waals surface area contributed by atoms with Crippen molar-refractivity contribution in [2.45, 2.75) is 31.4 Å². The number of rotatable bonds is 3. The first-order valence-corrected chi connectivity index (χ1v) is 9.91. The molecule has 4 nitrogen and oxygen atoms in total. The zero-order valence-electron chi connectivity index (χ0n) is 15.0. The third kappa shape index (κ3) is 2.73. The number of aliphatic hydroxyl groups is 1. The summed E-state index contributed by atoms with van der Waals surface area (Å²) in [6.45, 7) is 1.81. The summed E-state index contributed by atoms with van der Waals surface area (Å²) in [5.74, 6) is -0.289. The molecule has 1 aliphatic rings. The highest BCUT2D eigenvalue weighted by molar-refractivity contribution is 7.17. The summed E-state index contributed by atoms with van der Waals surface area (Å²) in [5, 5.41) is 25.0. The molecule has 0 bridgehead atoms. The Kier molecular flexibility index (Phi) is 3.86. The van der Waals surface area contributed by atoms with Gasteiger partial charge in [0.15, 0.2) is 11.6 Å². The maximum Gasteiger partial charge on any atom is 0.156 e. The maximum absolute atomic E-state index is 15.1. The van der Waals surface area contributed by atoms with Crippen molar-refractivity contribution < 1.29 is 13.9 Å². The average molecular weight is 397 g/mol. The summed E-state index contributed by atoms with van der Waals surface area (Å²) in [6, 6.07) is 10.8. The molecular formula is C21H17F2N3OS. The summed E-state index contributed by atoms with van der Waals surface area (Å²) < 4.78 is 29.1. The van der Waals surface area contributed by atoms with Crippen LogP contribution in [0.25, 0.3) is 32.1 Å². The second kappa shape index (κ2) is 6.18. The number of hydrogen-bond donors (Lipinski definition) is 2. The van der Waals surface area contributed by atoms with Gasteiger partial charge >= 0.3 is 0 Å². The van der Waals surface area contributed by atoms with E-state index in [0.717, 1.165) is 22.1 Å². The van der Waals surface area contributed by atoms with Gasteiger partial charge in [0.05, 0.1) is 10.3 Å². The molecule has 1 aliphatic carbocycles. The summed E-state index contributed by atoms with van der Waals surface area (Å²) >= 11 is 1.04. The van der Waals surface area contributed by atoms with Crippen LogP contribution in [0, 0.1) is 11.6 Å². The molecule has 0 atom stereocenters. The molecule has 7 heteroatoms. The lowest BCUT2D eigenvalue weighted by Gasteiger charge is -2.41. The summed E-state index contributed by atoms with van der Waals surface area (Å²) in [4.78, 5) is 0. The Balaban J connectivity index is 1.62. The van der Waals surface area contributed by atoms with Gasteiger partial charge in [0.2, 0.25) is 0 Å². The van der Waals surface area contributed by atoms with Gasteiger partial charge in [0.25, 0.3) is 0 Å². The first-order chi connectivity index (χ1) is 13.4. The van der Waals surface area contributed by atoms with E-state index in [-0.39, 0.29) is 16.1 Å². The number of thiophene rings is 1. The molecular weight excluding hydrogens is 380 g/mol. The second-order valence-corrected chi connectivity index (χ2v) is 8.46. The summed E-state index contributed by atoms with van der Waals surface area (Å²) in [5.41, 5.74) is 0.0844. The molecule has 28 heavy (non-hydrogen) atoms. The van der Waals surface area contributed by atoms with E-state index in [0.29, 0.717) is 29.9 Å². The molecule has 0 amide bonds. The van der Waals surface area contributed by atoms with Crippen LogP contribution in [0.2, 0.25) is 0 Å². The zero-order chi connectivity index (χ0) is 19.5. The Morgan fingerprint density at radius 2 is 1.82 bits per heavy atom. The SMILES string of the molecule is CC1(O)CC(Nc2nnc(-c3ccc4c(F)csc4c3F)c3ccccc23)C1. The molecule has 2 aromatic heterocycles. The van der Waals surface area contributed by atoms with Crippen LogP contribution in [-0.2, 0) is 0 Å². The van der Waals surface area contributed by atoms with Crippen LogP contribution < -0.4 is 5.32 Å². The van der Waals surface area contributed by atoms with Gasteiger partial charge in [-0.05, 0) is 31.9 Å². The van der Waals surface area contributed by atoms with Crippen LogP contribution in [0.3, 0.4) is 0 Å². The lowest BCUT2D eigenvalue weighted by atomic mass is 9.77. The first-order valence-electron chi connectivity index (χ1n) is 9.03. The molecule has 0 spiro atoms. The van der Waals surface area contributed by atoms with E-state index in [1.54, 1.807) is 12.1 Å². The van der Waals surface area contributed by atoms with E-state index < -0.39 is 17.2 Å². The normalized spacial score (nSPS) is 21.8. The summed E-state index contributed by atoms with van der Waals surface area (Å²) in [6.07, 6.45) is 1.28. The lowest BCUT2D eigenvalue weighted by Crippen LogP contribution is -2.48. The van der Waals surface area contributed by atoms with E-state index >= 15 is 4.39 Å². The second-order valence-electron chi connectivity index (χ2n) is 7.58. The third-order valence-corrected chi connectivity index (χ3v) is 6.25. The average Bonchev–Trinajstić information content (AvgIpc) is 3.03. The van der Waals surface area contributed by atoms with E-state index in [1.165, 1.54) is 5.38 Å². The number of nitrogens with zero attached hydrogens (tertiary/aromatic N) is 2. The molecule has 0 saturated heterocycles. The van der Waals surface area contributed by atoms with Gasteiger partial charge in [-0.25, -0.2) is 8.78 Å². The predicted molar refractivity (Wildman–Crippen MR) is 108 cm³/mol. The van der Waals surface area contributed by atoms with Gasteiger partial charge < -0.3 is 10.4 Å². The predicted octanol–water partition coefficient (Wildman–Crippen LogP) is 5.12. The van der Waals surface area contributed by atoms with E-state index in [1.807, 2.05) is 31.2 Å². The topological polar surface area (TPSA) is 58.0 Å². The summed E-state index contributed by atoms with van der Waals surface area (Å²) in [7, 11) is 0. The number of nitrogens with one attached hydrogen (secondary N) is 1. The molecule has 2 aromatic carbocycles. The molecule has 5 rings (SSSR count). The highest BCUT2D eigenvalue weighted by atomic mass is 32.1. The fraction of sp³-hybridized carbons (Fsp3) is 0.238. The number of hydrogen-bond acceptors (Lipinski definition) is 5. The maximum atomic E-state index is 15.1. The molecule has 0 radical (unpaired) electrons. The monoisotopic (exact) mass is 397 g/mol. The van der Waals surface area contributed by atoms with Crippen LogP contribution in [0.1, 0.15) is 19.8 Å². The van der Waals surface area contributed by atoms with Gasteiger partial charge in [-0.15, -0.1) is 21.5 Å². The fourth-order valence-electron chi connectivity index (χ4n) is 3.92.